The SMILES string of the molecule is CC[C@@H](Cl)[P@@]1(=O)O[C@@H]2[C@@H]([C@H]3CC[C@]2(C)C3(C)C)N1C(C)C. The van der Waals surface area contributed by atoms with Crippen LogP contribution in [0.25, 0.3) is 0 Å². The minimum atomic E-state index is -2.94. The van der Waals surface area contributed by atoms with Gasteiger partial charge in [0, 0.05) is 17.5 Å². The average Bonchev–Trinajstić information content (AvgIpc) is 2.88. The summed E-state index contributed by atoms with van der Waals surface area (Å²) in [6.07, 6.45) is 3.16. The van der Waals surface area contributed by atoms with E-state index in [4.69, 9.17) is 16.1 Å². The molecular formula is C16H29ClNO2P. The largest absolute Gasteiger partial charge is 0.311 e. The van der Waals surface area contributed by atoms with E-state index >= 15 is 0 Å². The lowest BCUT2D eigenvalue weighted by Gasteiger charge is -2.39. The van der Waals surface area contributed by atoms with E-state index in [1.807, 2.05) is 6.92 Å². The van der Waals surface area contributed by atoms with Crippen molar-refractivity contribution >= 4 is 19.1 Å². The van der Waals surface area contributed by atoms with Crippen LogP contribution in [0.2, 0.25) is 0 Å². The van der Waals surface area contributed by atoms with E-state index in [0.29, 0.717) is 12.3 Å². The van der Waals surface area contributed by atoms with Crippen LogP contribution in [0.5, 0.6) is 0 Å². The Labute approximate surface area is 134 Å². The van der Waals surface area contributed by atoms with E-state index in [2.05, 4.69) is 39.3 Å². The summed E-state index contributed by atoms with van der Waals surface area (Å²) in [5, 5.41) is -0.392. The minimum Gasteiger partial charge on any atom is -0.311 e. The maximum Gasteiger partial charge on any atom is 0.290 e. The fraction of sp³-hybridized carbons (Fsp3) is 1.00. The highest BCUT2D eigenvalue weighted by molar-refractivity contribution is 7.59. The summed E-state index contributed by atoms with van der Waals surface area (Å²) in [6.45, 7) is 13.3. The zero-order valence-corrected chi connectivity index (χ0v) is 15.7. The van der Waals surface area contributed by atoms with Crippen LogP contribution in [0.15, 0.2) is 0 Å². The smallest absolute Gasteiger partial charge is 0.290 e. The summed E-state index contributed by atoms with van der Waals surface area (Å²) in [5.41, 5.74) is 0.362. The zero-order chi connectivity index (χ0) is 15.8. The first-order valence-corrected chi connectivity index (χ1v) is 10.4. The topological polar surface area (TPSA) is 29.5 Å². The van der Waals surface area contributed by atoms with Crippen molar-refractivity contribution in [2.75, 3.05) is 0 Å². The molecule has 3 aliphatic rings. The van der Waals surface area contributed by atoms with E-state index in [-0.39, 0.29) is 29.0 Å². The Morgan fingerprint density at radius 1 is 1.38 bits per heavy atom. The fourth-order valence-corrected chi connectivity index (χ4v) is 8.68. The predicted molar refractivity (Wildman–Crippen MR) is 87.8 cm³/mol. The quantitative estimate of drug-likeness (QED) is 0.532. The van der Waals surface area contributed by atoms with Gasteiger partial charge < -0.3 is 4.52 Å². The molecule has 3 nitrogen and oxygen atoms in total. The molecule has 1 aliphatic heterocycles. The van der Waals surface area contributed by atoms with Crippen LogP contribution in [-0.4, -0.2) is 28.0 Å². The van der Waals surface area contributed by atoms with Crippen molar-refractivity contribution in [3.8, 4) is 0 Å². The lowest BCUT2D eigenvalue weighted by atomic mass is 9.70. The summed E-state index contributed by atoms with van der Waals surface area (Å²) in [4.78, 5) is 0. The van der Waals surface area contributed by atoms with Gasteiger partial charge in [0.05, 0.1) is 6.10 Å². The molecule has 5 heteroatoms. The third kappa shape index (κ3) is 1.78. The summed E-state index contributed by atoms with van der Waals surface area (Å²) in [7, 11) is -2.94. The van der Waals surface area contributed by atoms with Crippen molar-refractivity contribution < 1.29 is 9.09 Å². The first-order valence-electron chi connectivity index (χ1n) is 8.32. The number of fused-ring (bicyclic) bond motifs is 5. The molecule has 2 saturated carbocycles. The van der Waals surface area contributed by atoms with Crippen molar-refractivity contribution in [2.24, 2.45) is 16.7 Å². The van der Waals surface area contributed by atoms with Gasteiger partial charge in [0.2, 0.25) is 0 Å². The van der Waals surface area contributed by atoms with E-state index in [0.717, 1.165) is 0 Å². The molecule has 21 heavy (non-hydrogen) atoms. The third-order valence-corrected chi connectivity index (χ3v) is 10.9. The Morgan fingerprint density at radius 2 is 2.00 bits per heavy atom. The molecule has 0 spiro atoms. The van der Waals surface area contributed by atoms with E-state index in [1.165, 1.54) is 12.8 Å². The van der Waals surface area contributed by atoms with Crippen LogP contribution in [-0.2, 0) is 9.09 Å². The van der Waals surface area contributed by atoms with Crippen molar-refractivity contribution in [2.45, 2.75) is 84.1 Å². The Morgan fingerprint density at radius 3 is 2.52 bits per heavy atom. The van der Waals surface area contributed by atoms with Gasteiger partial charge in [-0.2, -0.15) is 0 Å². The Kier molecular flexibility index (Phi) is 3.67. The second-order valence-corrected chi connectivity index (χ2v) is 11.4. The van der Waals surface area contributed by atoms with Crippen LogP contribution in [0, 0.1) is 16.7 Å². The number of hydrogen-bond donors (Lipinski definition) is 0. The maximum atomic E-state index is 13.6. The third-order valence-electron chi connectivity index (χ3n) is 6.84. The maximum absolute atomic E-state index is 13.6. The monoisotopic (exact) mass is 333 g/mol. The lowest BCUT2D eigenvalue weighted by molar-refractivity contribution is 0.0357. The van der Waals surface area contributed by atoms with Crippen LogP contribution < -0.4 is 0 Å². The van der Waals surface area contributed by atoms with Crippen molar-refractivity contribution in [1.82, 2.24) is 4.67 Å². The number of alkyl halides is 1. The van der Waals surface area contributed by atoms with Gasteiger partial charge in [-0.3, -0.25) is 4.57 Å². The minimum absolute atomic E-state index is 0.0762. The molecule has 1 heterocycles. The Balaban J connectivity index is 2.07. The first kappa shape index (κ1) is 16.3. The van der Waals surface area contributed by atoms with Crippen molar-refractivity contribution in [3.05, 3.63) is 0 Å². The Hall–Kier alpha value is 0.440. The molecule has 2 aliphatic carbocycles. The highest BCUT2D eigenvalue weighted by atomic mass is 35.5. The van der Waals surface area contributed by atoms with Gasteiger partial charge in [0.25, 0.3) is 7.52 Å². The van der Waals surface area contributed by atoms with E-state index in [1.54, 1.807) is 0 Å². The summed E-state index contributed by atoms with van der Waals surface area (Å²) in [5.74, 6) is 0.562. The Bertz CT molecular complexity index is 495. The molecule has 3 fully saturated rings. The van der Waals surface area contributed by atoms with Gasteiger partial charge in [-0.1, -0.05) is 27.7 Å². The molecule has 1 saturated heterocycles. The fourth-order valence-electron chi connectivity index (χ4n) is 5.27. The summed E-state index contributed by atoms with van der Waals surface area (Å²) < 4.78 is 22.1. The number of rotatable bonds is 3. The number of nitrogens with zero attached hydrogens (tertiary/aromatic N) is 1. The van der Waals surface area contributed by atoms with Gasteiger partial charge in [0.15, 0.2) is 0 Å². The summed E-state index contributed by atoms with van der Waals surface area (Å²) in [6, 6.07) is 0.481. The van der Waals surface area contributed by atoms with Crippen LogP contribution in [0.4, 0.5) is 0 Å². The molecule has 122 valence electrons. The number of halogens is 1. The number of hydrogen-bond acceptors (Lipinski definition) is 2. The van der Waals surface area contributed by atoms with Gasteiger partial charge in [-0.25, -0.2) is 4.67 Å². The molecule has 0 amide bonds. The molecule has 0 radical (unpaired) electrons. The first-order chi connectivity index (χ1) is 9.61. The molecule has 3 rings (SSSR count). The standard InChI is InChI=1S/C16H29ClNO2P/c1-7-12(17)21(19)18(10(2)3)13-11-8-9-16(6,14(13)20-21)15(11,4)5/h10-14H,7-9H2,1-6H3/t11-,12+,13-,14-,16+,21-/m1/s1. The van der Waals surface area contributed by atoms with E-state index in [9.17, 15) is 4.57 Å². The predicted octanol–water partition coefficient (Wildman–Crippen LogP) is 5.09. The lowest BCUT2D eigenvalue weighted by Crippen LogP contribution is -2.44. The molecule has 2 bridgehead atoms. The summed E-state index contributed by atoms with van der Waals surface area (Å²) >= 11 is 6.47. The highest BCUT2D eigenvalue weighted by Crippen LogP contribution is 2.78. The molecule has 0 aromatic heterocycles. The average molecular weight is 334 g/mol. The van der Waals surface area contributed by atoms with Crippen LogP contribution >= 0.6 is 19.1 Å². The van der Waals surface area contributed by atoms with Gasteiger partial charge in [-0.15, -0.1) is 11.6 Å². The molecular weight excluding hydrogens is 305 g/mol. The van der Waals surface area contributed by atoms with Crippen molar-refractivity contribution in [1.29, 1.82) is 0 Å². The van der Waals surface area contributed by atoms with Gasteiger partial charge in [-0.05, 0) is 44.4 Å². The van der Waals surface area contributed by atoms with Gasteiger partial charge >= 0.3 is 0 Å². The van der Waals surface area contributed by atoms with Gasteiger partial charge in [0.1, 0.15) is 5.12 Å². The molecule has 0 N–H and O–H groups in total. The van der Waals surface area contributed by atoms with Crippen LogP contribution in [0.1, 0.15) is 60.8 Å². The normalized spacial score (nSPS) is 49.8. The van der Waals surface area contributed by atoms with Crippen LogP contribution in [0.3, 0.4) is 0 Å². The molecule has 6 atom stereocenters. The second kappa shape index (κ2) is 4.72. The van der Waals surface area contributed by atoms with E-state index < -0.39 is 12.6 Å². The zero-order valence-electron chi connectivity index (χ0n) is 14.1. The molecule has 0 aromatic carbocycles. The highest BCUT2D eigenvalue weighted by Gasteiger charge is 2.74. The second-order valence-electron chi connectivity index (χ2n) is 8.18. The molecule has 0 unspecified atom stereocenters. The molecule has 0 aromatic rings. The van der Waals surface area contributed by atoms with Crippen molar-refractivity contribution in [3.63, 3.8) is 0 Å².